The van der Waals surface area contributed by atoms with Gasteiger partial charge in [0.2, 0.25) is 0 Å². The van der Waals surface area contributed by atoms with Crippen LogP contribution in [-0.2, 0) is 11.3 Å². The average molecular weight is 252 g/mol. The van der Waals surface area contributed by atoms with Crippen LogP contribution < -0.4 is 4.74 Å². The molecule has 0 aromatic heterocycles. The van der Waals surface area contributed by atoms with Crippen molar-refractivity contribution in [3.8, 4) is 11.5 Å². The van der Waals surface area contributed by atoms with E-state index in [2.05, 4.69) is 4.89 Å². The quantitative estimate of drug-likeness (QED) is 0.627. The fraction of sp³-hybridized carbons (Fsp3) is 0.571. The number of hydrogen-bond donors (Lipinski definition) is 2. The molecular formula is C14H20O4. The van der Waals surface area contributed by atoms with E-state index in [1.807, 2.05) is 27.7 Å². The molecule has 1 aromatic carbocycles. The maximum absolute atomic E-state index is 10.1. The van der Waals surface area contributed by atoms with Crippen molar-refractivity contribution in [2.75, 3.05) is 6.61 Å². The van der Waals surface area contributed by atoms with Crippen molar-refractivity contribution in [1.82, 2.24) is 0 Å². The minimum absolute atomic E-state index is 0.144. The van der Waals surface area contributed by atoms with Gasteiger partial charge in [-0.25, -0.2) is 4.89 Å². The van der Waals surface area contributed by atoms with Crippen molar-refractivity contribution in [1.29, 1.82) is 0 Å². The van der Waals surface area contributed by atoms with Crippen molar-refractivity contribution >= 4 is 0 Å². The third kappa shape index (κ3) is 1.95. The molecular weight excluding hydrogens is 232 g/mol. The van der Waals surface area contributed by atoms with E-state index >= 15 is 0 Å². The molecule has 0 radical (unpaired) electrons. The molecule has 0 amide bonds. The molecule has 1 aromatic rings. The lowest BCUT2D eigenvalue weighted by Gasteiger charge is -2.36. The van der Waals surface area contributed by atoms with Crippen LogP contribution in [0.3, 0.4) is 0 Å². The SMILES string of the molecule is Cc1c(C)c2c(c(C)c1O)CCC(C)(COO)O2. The Labute approximate surface area is 107 Å². The van der Waals surface area contributed by atoms with Gasteiger partial charge in [-0.3, -0.25) is 5.26 Å². The van der Waals surface area contributed by atoms with E-state index < -0.39 is 5.60 Å². The number of fused-ring (bicyclic) bond motifs is 1. The minimum atomic E-state index is -0.512. The van der Waals surface area contributed by atoms with Gasteiger partial charge in [0.05, 0.1) is 0 Å². The van der Waals surface area contributed by atoms with Crippen LogP contribution in [0.15, 0.2) is 0 Å². The van der Waals surface area contributed by atoms with Crippen LogP contribution in [0.25, 0.3) is 0 Å². The van der Waals surface area contributed by atoms with Gasteiger partial charge in [0, 0.05) is 5.56 Å². The summed E-state index contributed by atoms with van der Waals surface area (Å²) in [6, 6.07) is 0. The maximum Gasteiger partial charge on any atom is 0.133 e. The van der Waals surface area contributed by atoms with E-state index in [-0.39, 0.29) is 6.61 Å². The van der Waals surface area contributed by atoms with Gasteiger partial charge in [0.1, 0.15) is 23.7 Å². The summed E-state index contributed by atoms with van der Waals surface area (Å²) in [5.41, 5.74) is 3.24. The van der Waals surface area contributed by atoms with Gasteiger partial charge in [0.15, 0.2) is 0 Å². The lowest BCUT2D eigenvalue weighted by atomic mass is 9.87. The van der Waals surface area contributed by atoms with Crippen molar-refractivity contribution in [2.45, 2.75) is 46.1 Å². The van der Waals surface area contributed by atoms with Gasteiger partial charge in [-0.1, -0.05) is 0 Å². The number of benzene rings is 1. The number of hydrogen-bond acceptors (Lipinski definition) is 4. The molecule has 0 bridgehead atoms. The first-order valence-corrected chi connectivity index (χ1v) is 6.16. The summed E-state index contributed by atoms with van der Waals surface area (Å²) in [5, 5.41) is 18.7. The Morgan fingerprint density at radius 1 is 1.22 bits per heavy atom. The second kappa shape index (κ2) is 4.44. The molecule has 1 aliphatic rings. The highest BCUT2D eigenvalue weighted by Gasteiger charge is 2.35. The summed E-state index contributed by atoms with van der Waals surface area (Å²) in [5.74, 6) is 1.19. The fourth-order valence-electron chi connectivity index (χ4n) is 2.53. The first-order valence-electron chi connectivity index (χ1n) is 6.16. The highest BCUT2D eigenvalue weighted by Crippen LogP contribution is 2.43. The van der Waals surface area contributed by atoms with Crippen LogP contribution >= 0.6 is 0 Å². The first kappa shape index (κ1) is 13.2. The van der Waals surface area contributed by atoms with Gasteiger partial charge in [0.25, 0.3) is 0 Å². The smallest absolute Gasteiger partial charge is 0.133 e. The summed E-state index contributed by atoms with van der Waals surface area (Å²) in [7, 11) is 0. The second-order valence-corrected chi connectivity index (χ2v) is 5.36. The molecule has 1 heterocycles. The summed E-state index contributed by atoms with van der Waals surface area (Å²) < 4.78 is 6.01. The summed E-state index contributed by atoms with van der Waals surface area (Å²) in [4.78, 5) is 4.25. The van der Waals surface area contributed by atoms with E-state index in [0.717, 1.165) is 40.8 Å². The number of phenols is 1. The fourth-order valence-corrected chi connectivity index (χ4v) is 2.53. The molecule has 18 heavy (non-hydrogen) atoms. The van der Waals surface area contributed by atoms with E-state index in [1.165, 1.54) is 0 Å². The highest BCUT2D eigenvalue weighted by atomic mass is 17.1. The molecule has 0 saturated carbocycles. The number of aromatic hydroxyl groups is 1. The molecule has 2 N–H and O–H groups in total. The Bertz CT molecular complexity index is 481. The topological polar surface area (TPSA) is 58.9 Å². The van der Waals surface area contributed by atoms with E-state index in [0.29, 0.717) is 5.75 Å². The molecule has 0 aliphatic carbocycles. The molecule has 2 rings (SSSR count). The molecule has 100 valence electrons. The number of rotatable bonds is 2. The zero-order chi connectivity index (χ0) is 13.5. The van der Waals surface area contributed by atoms with Crippen LogP contribution in [0.4, 0.5) is 0 Å². The molecule has 0 spiro atoms. The monoisotopic (exact) mass is 252 g/mol. The Balaban J connectivity index is 2.50. The maximum atomic E-state index is 10.1. The average Bonchev–Trinajstić information content (AvgIpc) is 2.34. The molecule has 4 heteroatoms. The number of ether oxygens (including phenoxy) is 1. The van der Waals surface area contributed by atoms with Crippen LogP contribution in [0.1, 0.15) is 35.6 Å². The zero-order valence-electron chi connectivity index (χ0n) is 11.3. The zero-order valence-corrected chi connectivity index (χ0v) is 11.3. The van der Waals surface area contributed by atoms with Gasteiger partial charge in [-0.2, -0.15) is 0 Å². The van der Waals surface area contributed by atoms with Gasteiger partial charge in [-0.05, 0) is 57.2 Å². The summed E-state index contributed by atoms with van der Waals surface area (Å²) >= 11 is 0. The van der Waals surface area contributed by atoms with E-state index in [4.69, 9.17) is 9.99 Å². The Hall–Kier alpha value is -1.26. The van der Waals surface area contributed by atoms with Crippen LogP contribution in [0.5, 0.6) is 11.5 Å². The molecule has 1 aliphatic heterocycles. The van der Waals surface area contributed by atoms with Crippen molar-refractivity contribution in [2.24, 2.45) is 0 Å². The van der Waals surface area contributed by atoms with E-state index in [9.17, 15) is 5.11 Å². The third-order valence-electron chi connectivity index (χ3n) is 3.96. The van der Waals surface area contributed by atoms with Gasteiger partial charge >= 0.3 is 0 Å². The lowest BCUT2D eigenvalue weighted by molar-refractivity contribution is -0.268. The molecule has 0 saturated heterocycles. The van der Waals surface area contributed by atoms with Crippen LogP contribution in [-0.4, -0.2) is 22.6 Å². The molecule has 1 atom stereocenters. The van der Waals surface area contributed by atoms with Crippen molar-refractivity contribution in [3.05, 3.63) is 22.3 Å². The Morgan fingerprint density at radius 2 is 1.89 bits per heavy atom. The second-order valence-electron chi connectivity index (χ2n) is 5.36. The largest absolute Gasteiger partial charge is 0.507 e. The van der Waals surface area contributed by atoms with Gasteiger partial charge in [-0.15, -0.1) is 0 Å². The van der Waals surface area contributed by atoms with Crippen molar-refractivity contribution in [3.63, 3.8) is 0 Å². The predicted octanol–water partition coefficient (Wildman–Crippen LogP) is 2.89. The minimum Gasteiger partial charge on any atom is -0.507 e. The summed E-state index contributed by atoms with van der Waals surface area (Å²) in [6.45, 7) is 7.80. The lowest BCUT2D eigenvalue weighted by Crippen LogP contribution is -2.41. The van der Waals surface area contributed by atoms with Gasteiger partial charge < -0.3 is 9.84 Å². The Morgan fingerprint density at radius 3 is 2.50 bits per heavy atom. The predicted molar refractivity (Wildman–Crippen MR) is 68.3 cm³/mol. The standard InChI is InChI=1S/C14H20O4/c1-8-9(2)13-11(10(3)12(8)15)5-6-14(4,18-13)7-17-16/h15-16H,5-7H2,1-4H3. The Kier molecular flexibility index (Phi) is 3.25. The normalized spacial score (nSPS) is 22.5. The third-order valence-corrected chi connectivity index (χ3v) is 3.96. The molecule has 4 nitrogen and oxygen atoms in total. The number of phenolic OH excluding ortho intramolecular Hbond substituents is 1. The van der Waals surface area contributed by atoms with Crippen molar-refractivity contribution < 1.29 is 20.0 Å². The van der Waals surface area contributed by atoms with Crippen LogP contribution in [0, 0.1) is 20.8 Å². The molecule has 0 fully saturated rings. The van der Waals surface area contributed by atoms with Crippen LogP contribution in [0.2, 0.25) is 0 Å². The summed E-state index contributed by atoms with van der Waals surface area (Å²) in [6.07, 6.45) is 1.57. The molecule has 1 unspecified atom stereocenters. The highest BCUT2D eigenvalue weighted by molar-refractivity contribution is 5.58. The van der Waals surface area contributed by atoms with E-state index in [1.54, 1.807) is 0 Å². The first-order chi connectivity index (χ1) is 8.39.